The summed E-state index contributed by atoms with van der Waals surface area (Å²) in [4.78, 5) is 14.4. The van der Waals surface area contributed by atoms with Crippen molar-refractivity contribution in [1.29, 1.82) is 5.26 Å². The molecule has 2 N–H and O–H groups in total. The summed E-state index contributed by atoms with van der Waals surface area (Å²) in [6.45, 7) is 0.556. The maximum Gasteiger partial charge on any atom is 0.411 e. The Hall–Kier alpha value is -3.25. The Labute approximate surface area is 185 Å². The summed E-state index contributed by atoms with van der Waals surface area (Å²) in [6.07, 6.45) is -2.70. The summed E-state index contributed by atoms with van der Waals surface area (Å²) < 4.78 is 40.9. The Morgan fingerprint density at radius 3 is 2.28 bits per heavy atom. The second kappa shape index (κ2) is 10.9. The average Bonchev–Trinajstić information content (AvgIpc) is 2.78. The van der Waals surface area contributed by atoms with Crippen molar-refractivity contribution in [2.24, 2.45) is 0 Å². The Bertz CT molecular complexity index is 916. The lowest BCUT2D eigenvalue weighted by Gasteiger charge is -2.34. The van der Waals surface area contributed by atoms with E-state index >= 15 is 0 Å². The highest BCUT2D eigenvalue weighted by atomic mass is 19.4. The van der Waals surface area contributed by atoms with Crippen LogP contribution in [0, 0.1) is 11.3 Å². The molecular formula is C23H25F3N4O2. The molecule has 1 aliphatic rings. The number of carbonyl (C=O) groups excluding carboxylic acids is 1. The Kier molecular flexibility index (Phi) is 7.95. The number of nitrogens with zero attached hydrogens (tertiary/aromatic N) is 2. The van der Waals surface area contributed by atoms with E-state index in [9.17, 15) is 18.0 Å². The summed E-state index contributed by atoms with van der Waals surface area (Å²) in [7, 11) is 0. The van der Waals surface area contributed by atoms with Gasteiger partial charge in [-0.15, -0.1) is 0 Å². The molecule has 3 rings (SSSR count). The second-order valence-electron chi connectivity index (χ2n) is 7.67. The van der Waals surface area contributed by atoms with Gasteiger partial charge in [-0.1, -0.05) is 24.3 Å². The van der Waals surface area contributed by atoms with Crippen molar-refractivity contribution in [2.45, 2.75) is 38.2 Å². The molecule has 0 radical (unpaired) electrons. The van der Waals surface area contributed by atoms with E-state index in [1.165, 1.54) is 0 Å². The van der Waals surface area contributed by atoms with Crippen LogP contribution in [0.3, 0.4) is 0 Å². The van der Waals surface area contributed by atoms with Gasteiger partial charge >= 0.3 is 12.2 Å². The van der Waals surface area contributed by atoms with Gasteiger partial charge in [0.15, 0.2) is 0 Å². The van der Waals surface area contributed by atoms with Crippen LogP contribution in [0.15, 0.2) is 48.5 Å². The number of anilines is 1. The molecule has 1 heterocycles. The van der Waals surface area contributed by atoms with Crippen molar-refractivity contribution in [3.63, 3.8) is 0 Å². The van der Waals surface area contributed by atoms with Gasteiger partial charge in [0.25, 0.3) is 0 Å². The molecule has 0 aromatic heterocycles. The van der Waals surface area contributed by atoms with Crippen LogP contribution in [0.25, 0.3) is 0 Å². The highest BCUT2D eigenvalue weighted by Gasteiger charge is 2.27. The number of piperidine rings is 1. The van der Waals surface area contributed by atoms with Crippen molar-refractivity contribution < 1.29 is 22.7 Å². The third-order valence-corrected chi connectivity index (χ3v) is 5.20. The van der Waals surface area contributed by atoms with Gasteiger partial charge in [0.1, 0.15) is 6.61 Å². The largest absolute Gasteiger partial charge is 0.411 e. The predicted octanol–water partition coefficient (Wildman–Crippen LogP) is 4.11. The van der Waals surface area contributed by atoms with E-state index in [0.717, 1.165) is 37.2 Å². The number of ether oxygens (including phenoxy) is 1. The maximum absolute atomic E-state index is 12.2. The standard InChI is InChI=1S/C23H25F3N4O2/c24-23(25,26)16-32-15-19-3-1-18(2-4-19)14-28-22(31)29-20-9-11-30(12-10-20)21-7-5-17(13-27)6-8-21/h1-8,20H,9-12,14-16H2,(H2,28,29,31). The molecule has 0 aliphatic carbocycles. The van der Waals surface area contributed by atoms with Crippen LogP contribution in [0.1, 0.15) is 29.5 Å². The van der Waals surface area contributed by atoms with Crippen molar-refractivity contribution in [1.82, 2.24) is 10.6 Å². The molecule has 1 saturated heterocycles. The molecule has 0 spiro atoms. The van der Waals surface area contributed by atoms with Crippen molar-refractivity contribution in [2.75, 3.05) is 24.6 Å². The minimum Gasteiger partial charge on any atom is -0.371 e. The zero-order valence-electron chi connectivity index (χ0n) is 17.5. The molecule has 2 aromatic rings. The van der Waals surface area contributed by atoms with Crippen molar-refractivity contribution >= 4 is 11.7 Å². The van der Waals surface area contributed by atoms with Gasteiger partial charge in [-0.05, 0) is 48.2 Å². The number of nitriles is 1. The van der Waals surface area contributed by atoms with E-state index in [2.05, 4.69) is 26.3 Å². The number of hydrogen-bond donors (Lipinski definition) is 2. The molecule has 32 heavy (non-hydrogen) atoms. The molecule has 0 saturated carbocycles. The van der Waals surface area contributed by atoms with E-state index in [0.29, 0.717) is 17.7 Å². The molecule has 170 valence electrons. The Morgan fingerprint density at radius 2 is 1.69 bits per heavy atom. The molecule has 1 aliphatic heterocycles. The lowest BCUT2D eigenvalue weighted by Crippen LogP contribution is -2.47. The van der Waals surface area contributed by atoms with Gasteiger partial charge in [0, 0.05) is 31.4 Å². The van der Waals surface area contributed by atoms with Crippen molar-refractivity contribution in [3.05, 3.63) is 65.2 Å². The number of rotatable bonds is 7. The first-order valence-electron chi connectivity index (χ1n) is 10.3. The fourth-order valence-corrected chi connectivity index (χ4v) is 3.49. The quantitative estimate of drug-likeness (QED) is 0.671. The predicted molar refractivity (Wildman–Crippen MR) is 114 cm³/mol. The zero-order valence-corrected chi connectivity index (χ0v) is 17.5. The van der Waals surface area contributed by atoms with Crippen LogP contribution >= 0.6 is 0 Å². The van der Waals surface area contributed by atoms with Gasteiger partial charge in [-0.3, -0.25) is 0 Å². The van der Waals surface area contributed by atoms with Crippen LogP contribution in [-0.4, -0.2) is 37.9 Å². The van der Waals surface area contributed by atoms with Gasteiger partial charge in [-0.2, -0.15) is 18.4 Å². The lowest BCUT2D eigenvalue weighted by atomic mass is 10.0. The fourth-order valence-electron chi connectivity index (χ4n) is 3.49. The van der Waals surface area contributed by atoms with Gasteiger partial charge in [0.05, 0.1) is 18.2 Å². The lowest BCUT2D eigenvalue weighted by molar-refractivity contribution is -0.176. The number of amides is 2. The summed E-state index contributed by atoms with van der Waals surface area (Å²) in [6, 6.07) is 16.3. The van der Waals surface area contributed by atoms with Crippen molar-refractivity contribution in [3.8, 4) is 6.07 Å². The Morgan fingerprint density at radius 1 is 1.06 bits per heavy atom. The first kappa shape index (κ1) is 23.4. The van der Waals surface area contributed by atoms with Gasteiger partial charge < -0.3 is 20.3 Å². The number of benzene rings is 2. The van der Waals surface area contributed by atoms with E-state index in [1.807, 2.05) is 12.1 Å². The number of nitrogens with one attached hydrogen (secondary N) is 2. The Balaban J connectivity index is 1.36. The number of halogens is 3. The number of hydrogen-bond acceptors (Lipinski definition) is 4. The molecule has 6 nitrogen and oxygen atoms in total. The van der Waals surface area contributed by atoms with Crippen LogP contribution in [0.5, 0.6) is 0 Å². The monoisotopic (exact) mass is 446 g/mol. The van der Waals surface area contributed by atoms with Crippen LogP contribution in [-0.2, 0) is 17.9 Å². The number of alkyl halides is 3. The summed E-state index contributed by atoms with van der Waals surface area (Å²) in [5.41, 5.74) is 3.18. The summed E-state index contributed by atoms with van der Waals surface area (Å²) >= 11 is 0. The van der Waals surface area contributed by atoms with Gasteiger partial charge in [-0.25, -0.2) is 4.79 Å². The average molecular weight is 446 g/mol. The number of carbonyl (C=O) groups is 1. The minimum absolute atomic E-state index is 0.0813. The van der Waals surface area contributed by atoms with Crippen LogP contribution < -0.4 is 15.5 Å². The minimum atomic E-state index is -4.34. The topological polar surface area (TPSA) is 77.4 Å². The van der Waals surface area contributed by atoms with E-state index in [1.54, 1.807) is 36.4 Å². The summed E-state index contributed by atoms with van der Waals surface area (Å²) in [5, 5.41) is 14.7. The van der Waals surface area contributed by atoms with Crippen LogP contribution in [0.2, 0.25) is 0 Å². The normalized spacial score (nSPS) is 14.6. The molecule has 0 unspecified atom stereocenters. The molecule has 2 aromatic carbocycles. The first-order valence-corrected chi connectivity index (χ1v) is 10.3. The SMILES string of the molecule is N#Cc1ccc(N2CCC(NC(=O)NCc3ccc(COCC(F)(F)F)cc3)CC2)cc1. The van der Waals surface area contributed by atoms with E-state index in [-0.39, 0.29) is 18.7 Å². The molecule has 0 atom stereocenters. The molecule has 0 bridgehead atoms. The van der Waals surface area contributed by atoms with E-state index in [4.69, 9.17) is 5.26 Å². The smallest absolute Gasteiger partial charge is 0.371 e. The van der Waals surface area contributed by atoms with Crippen LogP contribution in [0.4, 0.5) is 23.7 Å². The fraction of sp³-hybridized carbons (Fsp3) is 0.391. The highest BCUT2D eigenvalue weighted by Crippen LogP contribution is 2.20. The second-order valence-corrected chi connectivity index (χ2v) is 7.67. The molecule has 9 heteroatoms. The molecule has 2 amide bonds. The van der Waals surface area contributed by atoms with E-state index < -0.39 is 12.8 Å². The third kappa shape index (κ3) is 7.46. The number of urea groups is 1. The molecule has 1 fully saturated rings. The highest BCUT2D eigenvalue weighted by molar-refractivity contribution is 5.74. The summed E-state index contributed by atoms with van der Waals surface area (Å²) in [5.74, 6) is 0. The molecular weight excluding hydrogens is 421 g/mol. The zero-order chi connectivity index (χ0) is 23.0. The third-order valence-electron chi connectivity index (χ3n) is 5.20. The van der Waals surface area contributed by atoms with Gasteiger partial charge in [0.2, 0.25) is 0 Å². The first-order chi connectivity index (χ1) is 15.3. The maximum atomic E-state index is 12.2.